The van der Waals surface area contributed by atoms with E-state index in [0.717, 1.165) is 12.8 Å². The smallest absolute Gasteiger partial charge is 0.256 e. The van der Waals surface area contributed by atoms with Crippen LogP contribution in [0.2, 0.25) is 0 Å². The molecule has 1 unspecified atom stereocenters. The summed E-state index contributed by atoms with van der Waals surface area (Å²) in [6, 6.07) is 8.67. The first-order valence-electron chi connectivity index (χ1n) is 9.09. The molecule has 7 heteroatoms. The molecule has 28 heavy (non-hydrogen) atoms. The van der Waals surface area contributed by atoms with Gasteiger partial charge in [0.05, 0.1) is 12.7 Å². The van der Waals surface area contributed by atoms with E-state index in [2.05, 4.69) is 0 Å². The Hall–Kier alpha value is -2.18. The molecule has 3 rings (SSSR count). The van der Waals surface area contributed by atoms with Crippen LogP contribution in [0.1, 0.15) is 30.1 Å². The Morgan fingerprint density at radius 3 is 2.36 bits per heavy atom. The van der Waals surface area contributed by atoms with E-state index in [0.29, 0.717) is 30.3 Å². The number of likely N-dealkylation sites (tertiary alicyclic amines) is 1. The summed E-state index contributed by atoms with van der Waals surface area (Å²) in [4.78, 5) is 14.3. The van der Waals surface area contributed by atoms with Gasteiger partial charge in [0.2, 0.25) is 0 Å². The van der Waals surface area contributed by atoms with E-state index in [-0.39, 0.29) is 35.5 Å². The zero-order valence-electron chi connectivity index (χ0n) is 16.0. The molecule has 2 N–H and O–H groups in total. The summed E-state index contributed by atoms with van der Waals surface area (Å²) in [6.07, 6.45) is 1.64. The molecule has 1 aliphatic rings. The molecule has 1 atom stereocenters. The number of nitrogens with two attached hydrogens (primary N) is 1. The van der Waals surface area contributed by atoms with Crippen LogP contribution in [-0.4, -0.2) is 37.0 Å². The van der Waals surface area contributed by atoms with Crippen molar-refractivity contribution in [3.05, 3.63) is 53.6 Å². The second kappa shape index (κ2) is 9.34. The number of nitrogens with zero attached hydrogens (tertiary/aromatic N) is 1. The van der Waals surface area contributed by atoms with Crippen molar-refractivity contribution in [3.8, 4) is 16.9 Å². The van der Waals surface area contributed by atoms with Gasteiger partial charge in [0.1, 0.15) is 17.4 Å². The molecule has 1 fully saturated rings. The van der Waals surface area contributed by atoms with Crippen molar-refractivity contribution in [2.75, 3.05) is 20.2 Å². The van der Waals surface area contributed by atoms with E-state index in [1.54, 1.807) is 17.0 Å². The van der Waals surface area contributed by atoms with E-state index in [4.69, 9.17) is 10.5 Å². The van der Waals surface area contributed by atoms with Gasteiger partial charge in [-0.2, -0.15) is 0 Å². The van der Waals surface area contributed by atoms with E-state index in [1.807, 2.05) is 6.92 Å². The van der Waals surface area contributed by atoms with Gasteiger partial charge in [-0.25, -0.2) is 8.78 Å². The minimum atomic E-state index is -0.651. The Bertz CT molecular complexity index is 837. The summed E-state index contributed by atoms with van der Waals surface area (Å²) in [5.41, 5.74) is 6.56. The second-order valence-corrected chi connectivity index (χ2v) is 7.03. The fourth-order valence-corrected chi connectivity index (χ4v) is 3.51. The predicted octanol–water partition coefficient (Wildman–Crippen LogP) is 4.26. The van der Waals surface area contributed by atoms with Gasteiger partial charge in [0, 0.05) is 30.8 Å². The monoisotopic (exact) mass is 410 g/mol. The van der Waals surface area contributed by atoms with Crippen molar-refractivity contribution in [2.24, 2.45) is 11.7 Å². The zero-order chi connectivity index (χ0) is 19.6. The fourth-order valence-electron chi connectivity index (χ4n) is 3.51. The van der Waals surface area contributed by atoms with Crippen LogP contribution >= 0.6 is 12.4 Å². The molecular weight excluding hydrogens is 386 g/mol. The first-order chi connectivity index (χ1) is 12.9. The number of piperidine rings is 1. The lowest BCUT2D eigenvalue weighted by Crippen LogP contribution is -2.42. The maximum absolute atomic E-state index is 14.6. The highest BCUT2D eigenvalue weighted by Gasteiger charge is 2.27. The quantitative estimate of drug-likeness (QED) is 0.819. The van der Waals surface area contributed by atoms with Gasteiger partial charge in [-0.1, -0.05) is 6.07 Å². The minimum absolute atomic E-state index is 0. The third kappa shape index (κ3) is 4.62. The van der Waals surface area contributed by atoms with Crippen molar-refractivity contribution in [2.45, 2.75) is 25.8 Å². The average molecular weight is 411 g/mol. The molecule has 1 aliphatic heterocycles. The summed E-state index contributed by atoms with van der Waals surface area (Å²) in [5.74, 6) is -0.719. The molecule has 1 heterocycles. The van der Waals surface area contributed by atoms with Crippen LogP contribution < -0.4 is 10.5 Å². The second-order valence-electron chi connectivity index (χ2n) is 7.03. The normalized spacial score (nSPS) is 15.7. The maximum Gasteiger partial charge on any atom is 0.256 e. The van der Waals surface area contributed by atoms with Crippen molar-refractivity contribution in [1.82, 2.24) is 4.90 Å². The lowest BCUT2D eigenvalue weighted by Gasteiger charge is -2.33. The number of benzene rings is 2. The van der Waals surface area contributed by atoms with Crippen molar-refractivity contribution >= 4 is 18.3 Å². The maximum atomic E-state index is 14.6. The molecule has 0 aliphatic carbocycles. The van der Waals surface area contributed by atoms with Crippen LogP contribution in [0.3, 0.4) is 0 Å². The average Bonchev–Trinajstić information content (AvgIpc) is 2.67. The van der Waals surface area contributed by atoms with Gasteiger partial charge in [-0.15, -0.1) is 12.4 Å². The molecule has 0 aromatic heterocycles. The van der Waals surface area contributed by atoms with Crippen LogP contribution in [0, 0.1) is 17.6 Å². The lowest BCUT2D eigenvalue weighted by molar-refractivity contribution is 0.0676. The molecule has 0 saturated carbocycles. The minimum Gasteiger partial charge on any atom is -0.497 e. The highest BCUT2D eigenvalue weighted by molar-refractivity contribution is 5.95. The molecule has 2 aromatic rings. The largest absolute Gasteiger partial charge is 0.497 e. The highest BCUT2D eigenvalue weighted by Crippen LogP contribution is 2.28. The summed E-state index contributed by atoms with van der Waals surface area (Å²) < 4.78 is 33.8. The van der Waals surface area contributed by atoms with Crippen LogP contribution in [0.4, 0.5) is 8.78 Å². The Morgan fingerprint density at radius 2 is 1.82 bits per heavy atom. The Morgan fingerprint density at radius 1 is 1.14 bits per heavy atom. The van der Waals surface area contributed by atoms with Crippen molar-refractivity contribution < 1.29 is 18.3 Å². The van der Waals surface area contributed by atoms with Crippen LogP contribution in [0.25, 0.3) is 11.1 Å². The molecule has 1 amide bonds. The van der Waals surface area contributed by atoms with Crippen LogP contribution in [0.15, 0.2) is 36.4 Å². The molecule has 1 saturated heterocycles. The zero-order valence-corrected chi connectivity index (χ0v) is 16.8. The third-order valence-electron chi connectivity index (χ3n) is 5.26. The van der Waals surface area contributed by atoms with Crippen molar-refractivity contribution in [3.63, 3.8) is 0 Å². The number of methoxy groups -OCH3 is 1. The number of carbonyl (C=O) groups excluding carboxylic acids is 1. The number of ether oxygens (including phenoxy) is 1. The molecule has 2 aromatic carbocycles. The van der Waals surface area contributed by atoms with Gasteiger partial charge in [-0.3, -0.25) is 4.79 Å². The molecule has 0 bridgehead atoms. The molecule has 0 spiro atoms. The predicted molar refractivity (Wildman–Crippen MR) is 108 cm³/mol. The molecule has 4 nitrogen and oxygen atoms in total. The molecular formula is C21H25ClF2N2O2. The summed E-state index contributed by atoms with van der Waals surface area (Å²) in [6.45, 7) is 3.11. The Labute approximate surface area is 170 Å². The van der Waals surface area contributed by atoms with Gasteiger partial charge in [-0.05, 0) is 55.5 Å². The number of amides is 1. The summed E-state index contributed by atoms with van der Waals surface area (Å²) in [5, 5.41) is 0. The van der Waals surface area contributed by atoms with Gasteiger partial charge in [0.15, 0.2) is 0 Å². The summed E-state index contributed by atoms with van der Waals surface area (Å²) >= 11 is 0. The Balaban J connectivity index is 0.00000280. The standard InChI is InChI=1S/C21H24F2N2O2.ClH/c1-13(24)14-7-9-25(10-8-14)21(26)18-5-3-15(11-19(18)22)17-6-4-16(27-2)12-20(17)23;/h3-6,11-14H,7-10,24H2,1-2H3;1H. The summed E-state index contributed by atoms with van der Waals surface area (Å²) in [7, 11) is 1.45. The number of rotatable bonds is 4. The van der Waals surface area contributed by atoms with Crippen LogP contribution in [0.5, 0.6) is 5.75 Å². The Kier molecular flexibility index (Phi) is 7.38. The number of halogens is 3. The van der Waals surface area contributed by atoms with Crippen LogP contribution in [-0.2, 0) is 0 Å². The first kappa shape index (κ1) is 22.1. The van der Waals surface area contributed by atoms with Gasteiger partial charge >= 0.3 is 0 Å². The number of carbonyl (C=O) groups is 1. The van der Waals surface area contributed by atoms with E-state index < -0.39 is 11.6 Å². The van der Waals surface area contributed by atoms with E-state index in [1.165, 1.54) is 31.4 Å². The van der Waals surface area contributed by atoms with Gasteiger partial charge < -0.3 is 15.4 Å². The SMILES string of the molecule is COc1ccc(-c2ccc(C(=O)N3CCC(C(C)N)CC3)c(F)c2)c(F)c1.Cl. The number of hydrogen-bond acceptors (Lipinski definition) is 3. The third-order valence-corrected chi connectivity index (χ3v) is 5.26. The van der Waals surface area contributed by atoms with E-state index in [9.17, 15) is 13.6 Å². The first-order valence-corrected chi connectivity index (χ1v) is 9.09. The van der Waals surface area contributed by atoms with Crippen molar-refractivity contribution in [1.29, 1.82) is 0 Å². The fraction of sp³-hybridized carbons (Fsp3) is 0.381. The topological polar surface area (TPSA) is 55.6 Å². The number of hydrogen-bond donors (Lipinski definition) is 1. The van der Waals surface area contributed by atoms with E-state index >= 15 is 0 Å². The lowest BCUT2D eigenvalue weighted by atomic mass is 9.90. The van der Waals surface area contributed by atoms with Gasteiger partial charge in [0.25, 0.3) is 5.91 Å². The molecule has 0 radical (unpaired) electrons. The highest BCUT2D eigenvalue weighted by atomic mass is 35.5. The molecule has 152 valence electrons.